The second-order valence-electron chi connectivity index (χ2n) is 3.06. The summed E-state index contributed by atoms with van der Waals surface area (Å²) in [6.07, 6.45) is 0. The van der Waals surface area contributed by atoms with Crippen LogP contribution in [0.15, 0.2) is 0 Å². The Kier molecular flexibility index (Phi) is 5.26. The lowest BCUT2D eigenvalue weighted by Crippen LogP contribution is -2.23. The van der Waals surface area contributed by atoms with Crippen LogP contribution in [0.3, 0.4) is 0 Å². The Morgan fingerprint density at radius 3 is 1.85 bits per heavy atom. The zero-order chi connectivity index (χ0) is 9.52. The summed E-state index contributed by atoms with van der Waals surface area (Å²) in [6, 6.07) is 0. The fraction of sp³-hybridized carbons (Fsp3) is 1.00. The molecule has 5 heteroatoms. The van der Waals surface area contributed by atoms with Gasteiger partial charge in [0.1, 0.15) is 13.6 Å². The number of hydrogen-bond donors (Lipinski definition) is 2. The maximum Gasteiger partial charge on any atom is 0.143 e. The van der Waals surface area contributed by atoms with E-state index in [0.29, 0.717) is 26.4 Å². The molecule has 5 nitrogen and oxygen atoms in total. The molecule has 0 bridgehead atoms. The molecule has 1 saturated heterocycles. The predicted octanol–water partition coefficient (Wildman–Crippen LogP) is -0.818. The number of aliphatic hydroxyl groups excluding tert-OH is 2. The maximum absolute atomic E-state index is 8.45. The largest absolute Gasteiger partial charge is 0.381 e. The van der Waals surface area contributed by atoms with E-state index in [0.717, 1.165) is 0 Å². The van der Waals surface area contributed by atoms with Crippen molar-refractivity contribution in [1.82, 2.24) is 0 Å². The lowest BCUT2D eigenvalue weighted by atomic mass is 9.98. The molecule has 0 amide bonds. The van der Waals surface area contributed by atoms with Crippen LogP contribution in [0.25, 0.3) is 0 Å². The molecule has 0 unspecified atom stereocenters. The van der Waals surface area contributed by atoms with Gasteiger partial charge in [0.25, 0.3) is 0 Å². The van der Waals surface area contributed by atoms with Gasteiger partial charge < -0.3 is 24.4 Å². The van der Waals surface area contributed by atoms with Crippen LogP contribution in [-0.2, 0) is 14.2 Å². The van der Waals surface area contributed by atoms with Crippen molar-refractivity contribution in [2.75, 3.05) is 40.0 Å². The zero-order valence-corrected chi connectivity index (χ0v) is 7.52. The minimum Gasteiger partial charge on any atom is -0.381 e. The molecule has 0 aromatic rings. The second-order valence-corrected chi connectivity index (χ2v) is 3.06. The summed E-state index contributed by atoms with van der Waals surface area (Å²) in [5, 5.41) is 16.9. The maximum atomic E-state index is 8.45. The zero-order valence-electron chi connectivity index (χ0n) is 7.52. The molecule has 0 radical (unpaired) electrons. The molecule has 1 heterocycles. The fourth-order valence-corrected chi connectivity index (χ4v) is 1.42. The number of rotatable bonds is 6. The van der Waals surface area contributed by atoms with Gasteiger partial charge in [-0.05, 0) is 0 Å². The first-order chi connectivity index (χ1) is 6.38. The van der Waals surface area contributed by atoms with E-state index >= 15 is 0 Å². The van der Waals surface area contributed by atoms with Crippen molar-refractivity contribution >= 4 is 0 Å². The van der Waals surface area contributed by atoms with Gasteiger partial charge in [-0.2, -0.15) is 0 Å². The van der Waals surface area contributed by atoms with Crippen LogP contribution < -0.4 is 0 Å². The van der Waals surface area contributed by atoms with Crippen molar-refractivity contribution in [3.8, 4) is 0 Å². The molecule has 2 atom stereocenters. The van der Waals surface area contributed by atoms with Crippen molar-refractivity contribution in [2.45, 2.75) is 0 Å². The third-order valence-corrected chi connectivity index (χ3v) is 2.18. The smallest absolute Gasteiger partial charge is 0.143 e. The van der Waals surface area contributed by atoms with Crippen LogP contribution in [0.4, 0.5) is 0 Å². The Labute approximate surface area is 77.2 Å². The molecule has 0 spiro atoms. The van der Waals surface area contributed by atoms with E-state index in [1.165, 1.54) is 0 Å². The van der Waals surface area contributed by atoms with E-state index in [1.54, 1.807) is 0 Å². The van der Waals surface area contributed by atoms with Gasteiger partial charge in [-0.1, -0.05) is 0 Å². The van der Waals surface area contributed by atoms with E-state index < -0.39 is 0 Å². The monoisotopic (exact) mass is 192 g/mol. The Bertz CT molecular complexity index is 116. The van der Waals surface area contributed by atoms with E-state index in [-0.39, 0.29) is 25.4 Å². The summed E-state index contributed by atoms with van der Waals surface area (Å²) < 4.78 is 15.0. The minimum absolute atomic E-state index is 0.260. The summed E-state index contributed by atoms with van der Waals surface area (Å²) in [6.45, 7) is 1.72. The third-order valence-electron chi connectivity index (χ3n) is 2.18. The molecular weight excluding hydrogens is 176 g/mol. The van der Waals surface area contributed by atoms with Crippen LogP contribution in [0.5, 0.6) is 0 Å². The summed E-state index contributed by atoms with van der Waals surface area (Å²) in [5.74, 6) is 0.525. The van der Waals surface area contributed by atoms with Gasteiger partial charge in [-0.25, -0.2) is 0 Å². The van der Waals surface area contributed by atoms with Gasteiger partial charge in [0.2, 0.25) is 0 Å². The first-order valence-electron chi connectivity index (χ1n) is 4.33. The van der Waals surface area contributed by atoms with E-state index in [9.17, 15) is 0 Å². The molecular formula is C8H16O5. The normalized spacial score (nSPS) is 28.2. The minimum atomic E-state index is -0.260. The molecule has 78 valence electrons. The first kappa shape index (κ1) is 10.9. The van der Waals surface area contributed by atoms with Gasteiger partial charge in [-0.15, -0.1) is 0 Å². The molecule has 1 aliphatic heterocycles. The highest BCUT2D eigenvalue weighted by molar-refractivity contribution is 4.74. The average Bonchev–Trinajstić information content (AvgIpc) is 2.59. The molecule has 2 N–H and O–H groups in total. The Balaban J connectivity index is 2.18. The molecule has 1 aliphatic rings. The molecule has 0 aliphatic carbocycles. The quantitative estimate of drug-likeness (QED) is 0.538. The molecule has 0 aromatic heterocycles. The van der Waals surface area contributed by atoms with Crippen LogP contribution in [-0.4, -0.2) is 50.2 Å². The topological polar surface area (TPSA) is 68.2 Å². The second kappa shape index (κ2) is 6.28. The van der Waals surface area contributed by atoms with Crippen molar-refractivity contribution in [1.29, 1.82) is 0 Å². The van der Waals surface area contributed by atoms with Crippen LogP contribution >= 0.6 is 0 Å². The molecule has 0 saturated carbocycles. The predicted molar refractivity (Wildman–Crippen MR) is 43.9 cm³/mol. The van der Waals surface area contributed by atoms with Crippen LogP contribution in [0, 0.1) is 11.8 Å². The van der Waals surface area contributed by atoms with E-state index in [1.807, 2.05) is 0 Å². The fourth-order valence-electron chi connectivity index (χ4n) is 1.42. The van der Waals surface area contributed by atoms with Crippen molar-refractivity contribution < 1.29 is 24.4 Å². The van der Waals surface area contributed by atoms with Gasteiger partial charge >= 0.3 is 0 Å². The Morgan fingerprint density at radius 1 is 1.00 bits per heavy atom. The van der Waals surface area contributed by atoms with Gasteiger partial charge in [0.05, 0.1) is 26.4 Å². The highest BCUT2D eigenvalue weighted by Gasteiger charge is 2.28. The van der Waals surface area contributed by atoms with Gasteiger partial charge in [-0.3, -0.25) is 0 Å². The molecule has 1 rings (SSSR count). The lowest BCUT2D eigenvalue weighted by molar-refractivity contribution is -0.0451. The Hall–Kier alpha value is -0.200. The number of ether oxygens (including phenoxy) is 3. The van der Waals surface area contributed by atoms with Crippen molar-refractivity contribution in [3.05, 3.63) is 0 Å². The number of hydrogen-bond acceptors (Lipinski definition) is 5. The third kappa shape index (κ3) is 3.58. The summed E-state index contributed by atoms with van der Waals surface area (Å²) in [7, 11) is 0. The first-order valence-corrected chi connectivity index (χ1v) is 4.33. The summed E-state index contributed by atoms with van der Waals surface area (Å²) in [4.78, 5) is 0. The average molecular weight is 192 g/mol. The van der Waals surface area contributed by atoms with Crippen molar-refractivity contribution in [2.24, 2.45) is 11.8 Å². The number of aliphatic hydroxyl groups is 2. The highest BCUT2D eigenvalue weighted by atomic mass is 16.6. The Morgan fingerprint density at radius 2 is 1.46 bits per heavy atom. The van der Waals surface area contributed by atoms with Gasteiger partial charge in [0.15, 0.2) is 0 Å². The summed E-state index contributed by atoms with van der Waals surface area (Å²) in [5.41, 5.74) is 0. The van der Waals surface area contributed by atoms with E-state index in [2.05, 4.69) is 0 Å². The van der Waals surface area contributed by atoms with E-state index in [4.69, 9.17) is 24.4 Å². The molecule has 13 heavy (non-hydrogen) atoms. The summed E-state index contributed by atoms with van der Waals surface area (Å²) >= 11 is 0. The van der Waals surface area contributed by atoms with Gasteiger partial charge in [0, 0.05) is 11.8 Å². The molecule has 0 aromatic carbocycles. The SMILES string of the molecule is OCOC[C@H]1COC[C@@H]1COCO. The standard InChI is InChI=1S/C8H16O5/c9-5-12-3-7-1-11-2-8(7)4-13-6-10/h7-10H,1-6H2/t7-,8-/m1/s1. The molecule has 1 fully saturated rings. The van der Waals surface area contributed by atoms with Crippen LogP contribution in [0.2, 0.25) is 0 Å². The lowest BCUT2D eigenvalue weighted by Gasteiger charge is -2.16. The van der Waals surface area contributed by atoms with Crippen LogP contribution in [0.1, 0.15) is 0 Å². The van der Waals surface area contributed by atoms with Crippen molar-refractivity contribution in [3.63, 3.8) is 0 Å². The highest BCUT2D eigenvalue weighted by Crippen LogP contribution is 2.21.